The third-order valence-electron chi connectivity index (χ3n) is 11.8. The summed E-state index contributed by atoms with van der Waals surface area (Å²) in [5.41, 5.74) is 19.1. The van der Waals surface area contributed by atoms with Gasteiger partial charge in [-0.15, -0.1) is 0 Å². The highest BCUT2D eigenvalue weighted by Crippen LogP contribution is 2.53. The lowest BCUT2D eigenvalue weighted by Gasteiger charge is -2.26. The maximum Gasteiger partial charge on any atom is 0.259 e. The molecule has 3 aliphatic rings. The van der Waals surface area contributed by atoms with Crippen LogP contribution in [0.4, 0.5) is 0 Å². The van der Waals surface area contributed by atoms with Crippen molar-refractivity contribution in [3.63, 3.8) is 0 Å². The van der Waals surface area contributed by atoms with Crippen LogP contribution in [0.3, 0.4) is 0 Å². The molecule has 1 aliphatic carbocycles. The molecule has 0 saturated carbocycles. The van der Waals surface area contributed by atoms with Gasteiger partial charge in [-0.1, -0.05) is 85.7 Å². The molecule has 4 heterocycles. The van der Waals surface area contributed by atoms with Crippen molar-refractivity contribution in [2.75, 3.05) is 0 Å². The zero-order valence-electron chi connectivity index (χ0n) is 31.1. The first-order valence-corrected chi connectivity index (χ1v) is 18.3. The first-order chi connectivity index (χ1) is 24.2. The summed E-state index contributed by atoms with van der Waals surface area (Å²) < 4.78 is 4.97. The van der Waals surface area contributed by atoms with E-state index in [9.17, 15) is 5.26 Å². The van der Waals surface area contributed by atoms with Crippen molar-refractivity contribution >= 4 is 22.2 Å². The number of hydrogen-bond acceptors (Lipinski definition) is 1. The Morgan fingerprint density at radius 2 is 1.29 bits per heavy atom. The molecule has 6 aromatic rings. The lowest BCUT2D eigenvalue weighted by atomic mass is 9.78. The van der Waals surface area contributed by atoms with Crippen molar-refractivity contribution in [1.29, 1.82) is 5.26 Å². The van der Waals surface area contributed by atoms with Crippen molar-refractivity contribution in [3.8, 4) is 39.7 Å². The Bertz CT molecular complexity index is 2580. The van der Waals surface area contributed by atoms with E-state index in [0.717, 1.165) is 12.8 Å². The molecule has 3 heteroatoms. The van der Waals surface area contributed by atoms with Crippen LogP contribution >= 0.6 is 0 Å². The summed E-state index contributed by atoms with van der Waals surface area (Å²) in [7, 11) is 0. The Morgan fingerprint density at radius 3 is 2.04 bits per heavy atom. The molecule has 51 heavy (non-hydrogen) atoms. The average molecular weight is 664 g/mol. The van der Waals surface area contributed by atoms with Gasteiger partial charge in [0.05, 0.1) is 35.6 Å². The minimum atomic E-state index is -0.207. The number of aromatic nitrogens is 2. The van der Waals surface area contributed by atoms with Crippen LogP contribution in [0.2, 0.25) is 0 Å². The minimum Gasteiger partial charge on any atom is -0.192 e. The fourth-order valence-corrected chi connectivity index (χ4v) is 8.95. The number of nitrogens with zero attached hydrogens (tertiary/aromatic N) is 3. The molecule has 0 radical (unpaired) electrons. The fraction of sp³-hybridized carbons (Fsp3) is 0.271. The molecular weight excluding hydrogens is 619 g/mol. The SMILES string of the molecule is CC(C)(C)c1ccc2c(c1)C/C(=C1/Cc3cc4c(cc3-c3cccc[n+]31)C(C)(C)c1c-4ccc3ccc(C#N)cc13)[n+]1cc(C(C)(C)C)ccc1-2. The Hall–Kier alpha value is -5.33. The number of pyridine rings is 2. The molecule has 0 bridgehead atoms. The second-order valence-electron chi connectivity index (χ2n) is 17.5. The smallest absolute Gasteiger partial charge is 0.192 e. The average Bonchev–Trinajstić information content (AvgIpc) is 3.34. The molecule has 0 spiro atoms. The van der Waals surface area contributed by atoms with Crippen molar-refractivity contribution in [2.24, 2.45) is 0 Å². The van der Waals surface area contributed by atoms with Crippen LogP contribution in [-0.4, -0.2) is 0 Å². The van der Waals surface area contributed by atoms with Crippen LogP contribution in [0.25, 0.3) is 55.8 Å². The number of benzene rings is 4. The molecule has 9 rings (SSSR count). The van der Waals surface area contributed by atoms with Gasteiger partial charge in [0, 0.05) is 29.2 Å². The van der Waals surface area contributed by atoms with Gasteiger partial charge in [0.1, 0.15) is 0 Å². The summed E-state index contributed by atoms with van der Waals surface area (Å²) in [6.07, 6.45) is 6.37. The Balaban J connectivity index is 1.29. The lowest BCUT2D eigenvalue weighted by Crippen LogP contribution is -2.47. The third kappa shape index (κ3) is 4.69. The maximum atomic E-state index is 9.78. The van der Waals surface area contributed by atoms with E-state index < -0.39 is 0 Å². The van der Waals surface area contributed by atoms with Gasteiger partial charge in [-0.3, -0.25) is 0 Å². The van der Waals surface area contributed by atoms with Crippen LogP contribution in [0, 0.1) is 11.3 Å². The molecule has 2 aliphatic heterocycles. The van der Waals surface area contributed by atoms with E-state index in [4.69, 9.17) is 0 Å². The molecule has 250 valence electrons. The summed E-state index contributed by atoms with van der Waals surface area (Å²) in [5.74, 6) is 0. The highest BCUT2D eigenvalue weighted by molar-refractivity contribution is 5.99. The monoisotopic (exact) mass is 663 g/mol. The Labute approximate surface area is 302 Å². The molecule has 3 nitrogen and oxygen atoms in total. The quantitative estimate of drug-likeness (QED) is 0.149. The highest BCUT2D eigenvalue weighted by atomic mass is 15.1. The van der Waals surface area contributed by atoms with Crippen molar-refractivity contribution in [2.45, 2.75) is 84.5 Å². The van der Waals surface area contributed by atoms with Crippen molar-refractivity contribution in [1.82, 2.24) is 0 Å². The minimum absolute atomic E-state index is 0.0251. The molecule has 0 unspecified atom stereocenters. The summed E-state index contributed by atoms with van der Waals surface area (Å²) in [5, 5.41) is 12.1. The summed E-state index contributed by atoms with van der Waals surface area (Å²) in [4.78, 5) is 0. The molecule has 0 N–H and O–H groups in total. The summed E-state index contributed by atoms with van der Waals surface area (Å²) >= 11 is 0. The molecule has 0 amide bonds. The van der Waals surface area contributed by atoms with E-state index in [1.54, 1.807) is 0 Å². The van der Waals surface area contributed by atoms with E-state index in [2.05, 4.69) is 168 Å². The zero-order valence-corrected chi connectivity index (χ0v) is 31.1. The highest BCUT2D eigenvalue weighted by Gasteiger charge is 2.43. The van der Waals surface area contributed by atoms with Gasteiger partial charge in [-0.2, -0.15) is 14.4 Å². The molecule has 0 atom stereocenters. The van der Waals surface area contributed by atoms with Crippen LogP contribution in [0.5, 0.6) is 0 Å². The van der Waals surface area contributed by atoms with Crippen LogP contribution < -0.4 is 9.13 Å². The first kappa shape index (κ1) is 31.6. The van der Waals surface area contributed by atoms with Crippen LogP contribution in [0.1, 0.15) is 94.3 Å². The van der Waals surface area contributed by atoms with Gasteiger partial charge in [-0.05, 0) is 103 Å². The maximum absolute atomic E-state index is 9.78. The molecule has 0 saturated heterocycles. The molecule has 2 aromatic heterocycles. The van der Waals surface area contributed by atoms with Gasteiger partial charge in [0.2, 0.25) is 11.4 Å². The normalized spacial score (nSPS) is 16.8. The molecule has 0 fully saturated rings. The number of hydrogen-bond donors (Lipinski definition) is 0. The van der Waals surface area contributed by atoms with Gasteiger partial charge >= 0.3 is 0 Å². The number of rotatable bonds is 0. The van der Waals surface area contributed by atoms with Crippen molar-refractivity contribution < 1.29 is 9.13 Å². The predicted octanol–water partition coefficient (Wildman–Crippen LogP) is 10.5. The number of allylic oxidation sites excluding steroid dienone is 2. The summed E-state index contributed by atoms with van der Waals surface area (Å²) in [6, 6.07) is 36.4. The van der Waals surface area contributed by atoms with Crippen LogP contribution in [0.15, 0.2) is 103 Å². The molecule has 4 aromatic carbocycles. The second kappa shape index (κ2) is 10.6. The lowest BCUT2D eigenvalue weighted by molar-refractivity contribution is -0.602. The van der Waals surface area contributed by atoms with E-state index in [-0.39, 0.29) is 16.2 Å². The van der Waals surface area contributed by atoms with Crippen molar-refractivity contribution in [3.05, 3.63) is 142 Å². The Kier molecular flexibility index (Phi) is 6.57. The zero-order chi connectivity index (χ0) is 35.6. The molecular formula is C48H45N3+2. The van der Waals surface area contributed by atoms with Gasteiger partial charge in [0.25, 0.3) is 11.4 Å². The van der Waals surface area contributed by atoms with Gasteiger partial charge in [-0.25, -0.2) is 0 Å². The number of nitriles is 1. The van der Waals surface area contributed by atoms with Gasteiger partial charge in [0.15, 0.2) is 12.4 Å². The van der Waals surface area contributed by atoms with E-state index in [1.807, 2.05) is 6.07 Å². The second-order valence-corrected chi connectivity index (χ2v) is 17.5. The standard InChI is InChI=1S/C48H45N3/c1-46(2,3)33-15-18-35-31(22-33)24-44(51-28-34(47(4,5)6)16-19-42(35)51)43-25-32-23-39-36-17-14-30-13-12-29(27-49)21-38(30)45(36)48(7,8)40(39)26-37(32)41-11-9-10-20-50(41)43/h9-23,26,28H,24-25H2,1-8H3/q+2/b44-43+. The number of fused-ring (bicyclic) bond motifs is 11. The third-order valence-corrected chi connectivity index (χ3v) is 11.8. The summed E-state index contributed by atoms with van der Waals surface area (Å²) in [6.45, 7) is 18.5. The Morgan fingerprint density at radius 1 is 0.627 bits per heavy atom. The van der Waals surface area contributed by atoms with Gasteiger partial charge < -0.3 is 0 Å². The van der Waals surface area contributed by atoms with Crippen LogP contribution in [-0.2, 0) is 29.1 Å². The first-order valence-electron chi connectivity index (χ1n) is 18.3. The van der Waals surface area contributed by atoms with E-state index >= 15 is 0 Å². The van der Waals surface area contributed by atoms with E-state index in [1.165, 1.54) is 89.2 Å². The topological polar surface area (TPSA) is 31.5 Å². The predicted molar refractivity (Wildman–Crippen MR) is 208 cm³/mol. The fourth-order valence-electron chi connectivity index (χ4n) is 8.95. The largest absolute Gasteiger partial charge is 0.259 e. The van der Waals surface area contributed by atoms with E-state index in [0.29, 0.717) is 5.56 Å².